The molecule has 0 unspecified atom stereocenters. The van der Waals surface area contributed by atoms with Gasteiger partial charge in [-0.2, -0.15) is 9.57 Å². The third kappa shape index (κ3) is 5.52. The number of nitriles is 1. The molecular formula is C26H29ClN6O3S2. The van der Waals surface area contributed by atoms with E-state index in [1.165, 1.54) is 4.31 Å². The Balaban J connectivity index is 1.42. The minimum atomic E-state index is -3.89. The maximum Gasteiger partial charge on any atom is 0.253 e. The first-order valence-electron chi connectivity index (χ1n) is 12.3. The average molecular weight is 573 g/mol. The molecule has 0 bridgehead atoms. The Morgan fingerprint density at radius 1 is 1.13 bits per heavy atom. The molecule has 12 heteroatoms. The number of anilines is 1. The highest BCUT2D eigenvalue weighted by molar-refractivity contribution is 7.91. The lowest BCUT2D eigenvalue weighted by atomic mass is 10.1. The molecule has 0 spiro atoms. The van der Waals surface area contributed by atoms with E-state index in [-0.39, 0.29) is 29.2 Å². The second-order valence-corrected chi connectivity index (χ2v) is 13.5. The van der Waals surface area contributed by atoms with Gasteiger partial charge in [-0.15, -0.1) is 11.3 Å². The highest BCUT2D eigenvalue weighted by Gasteiger charge is 2.40. The summed E-state index contributed by atoms with van der Waals surface area (Å²) >= 11 is 7.27. The van der Waals surface area contributed by atoms with Gasteiger partial charge in [0.1, 0.15) is 10.3 Å². The minimum absolute atomic E-state index is 0.196. The van der Waals surface area contributed by atoms with E-state index < -0.39 is 10.0 Å². The molecule has 2 fully saturated rings. The molecule has 1 aromatic heterocycles. The zero-order valence-corrected chi connectivity index (χ0v) is 23.4. The minimum Gasteiger partial charge on any atom is -0.398 e. The van der Waals surface area contributed by atoms with Gasteiger partial charge >= 0.3 is 0 Å². The molecule has 0 radical (unpaired) electrons. The van der Waals surface area contributed by atoms with E-state index in [2.05, 4.69) is 22.9 Å². The third-order valence-electron chi connectivity index (χ3n) is 7.19. The Hall–Kier alpha value is -2.72. The van der Waals surface area contributed by atoms with Gasteiger partial charge in [0.05, 0.1) is 18.2 Å². The molecule has 2 saturated heterocycles. The van der Waals surface area contributed by atoms with Crippen LogP contribution in [0.3, 0.4) is 0 Å². The number of amides is 1. The quantitative estimate of drug-likeness (QED) is 0.452. The molecule has 2 N–H and O–H groups in total. The van der Waals surface area contributed by atoms with Crippen LogP contribution in [-0.2, 0) is 21.4 Å². The summed E-state index contributed by atoms with van der Waals surface area (Å²) in [5.74, 6) is -0.258. The van der Waals surface area contributed by atoms with Crippen LogP contribution in [0.25, 0.3) is 10.1 Å². The molecule has 3 aromatic rings. The number of thiophene rings is 1. The van der Waals surface area contributed by atoms with Crippen LogP contribution < -0.4 is 5.73 Å². The summed E-state index contributed by atoms with van der Waals surface area (Å²) in [7, 11) is -1.81. The molecule has 1 amide bonds. The number of nitrogens with two attached hydrogens (primary N) is 1. The largest absolute Gasteiger partial charge is 0.398 e. The number of nitrogen functional groups attached to an aromatic ring is 1. The molecule has 9 nitrogen and oxygen atoms in total. The van der Waals surface area contributed by atoms with Crippen LogP contribution in [0.1, 0.15) is 11.1 Å². The van der Waals surface area contributed by atoms with Crippen molar-refractivity contribution in [3.63, 3.8) is 0 Å². The number of sulfonamides is 1. The first-order chi connectivity index (χ1) is 18.1. The molecule has 0 saturated carbocycles. The Labute approximate surface area is 231 Å². The van der Waals surface area contributed by atoms with Crippen molar-refractivity contribution in [2.45, 2.75) is 16.8 Å². The zero-order chi connectivity index (χ0) is 27.0. The van der Waals surface area contributed by atoms with Crippen molar-refractivity contribution in [2.75, 3.05) is 58.6 Å². The van der Waals surface area contributed by atoms with Crippen LogP contribution in [0.5, 0.6) is 0 Å². The zero-order valence-electron chi connectivity index (χ0n) is 21.0. The molecule has 0 aliphatic carbocycles. The summed E-state index contributed by atoms with van der Waals surface area (Å²) in [5.41, 5.74) is 7.57. The van der Waals surface area contributed by atoms with Gasteiger partial charge in [-0.1, -0.05) is 23.7 Å². The number of hydrogen-bond acceptors (Lipinski definition) is 8. The fraction of sp³-hybridized carbons (Fsp3) is 0.385. The summed E-state index contributed by atoms with van der Waals surface area (Å²) in [4.78, 5) is 19.8. The van der Waals surface area contributed by atoms with Crippen molar-refractivity contribution in [1.29, 1.82) is 5.26 Å². The van der Waals surface area contributed by atoms with E-state index in [0.29, 0.717) is 29.4 Å². The van der Waals surface area contributed by atoms with E-state index in [4.69, 9.17) is 17.3 Å². The number of halogens is 1. The molecule has 3 heterocycles. The van der Waals surface area contributed by atoms with Gasteiger partial charge in [-0.3, -0.25) is 9.69 Å². The number of carbonyl (C=O) groups is 1. The molecular weight excluding hydrogens is 544 g/mol. The molecule has 1 atom stereocenters. The summed E-state index contributed by atoms with van der Waals surface area (Å²) in [6.07, 6.45) is 0. The Kier molecular flexibility index (Phi) is 7.64. The predicted molar refractivity (Wildman–Crippen MR) is 149 cm³/mol. The number of hydrogen-bond donors (Lipinski definition) is 1. The van der Waals surface area contributed by atoms with Crippen LogP contribution in [0.4, 0.5) is 5.69 Å². The van der Waals surface area contributed by atoms with E-state index in [0.717, 1.165) is 53.2 Å². The summed E-state index contributed by atoms with van der Waals surface area (Å²) in [6.45, 7) is 4.36. The van der Waals surface area contributed by atoms with Gasteiger partial charge in [0.2, 0.25) is 5.91 Å². The normalized spacial score (nSPS) is 20.2. The number of carbonyl (C=O) groups excluding carboxylic acids is 1. The highest BCUT2D eigenvalue weighted by Crippen LogP contribution is 2.34. The van der Waals surface area contributed by atoms with Gasteiger partial charge < -0.3 is 15.5 Å². The van der Waals surface area contributed by atoms with Crippen molar-refractivity contribution >= 4 is 54.6 Å². The summed E-state index contributed by atoms with van der Waals surface area (Å²) in [5, 5.41) is 10.5. The molecule has 5 rings (SSSR count). The fourth-order valence-electron chi connectivity index (χ4n) is 4.97. The van der Waals surface area contributed by atoms with Crippen molar-refractivity contribution in [1.82, 2.24) is 19.0 Å². The van der Waals surface area contributed by atoms with Gasteiger partial charge in [0.25, 0.3) is 10.0 Å². The van der Waals surface area contributed by atoms with Gasteiger partial charge in [-0.25, -0.2) is 8.42 Å². The van der Waals surface area contributed by atoms with Crippen LogP contribution >= 0.6 is 22.9 Å². The fourth-order valence-corrected chi connectivity index (χ4v) is 8.23. The number of benzene rings is 2. The van der Waals surface area contributed by atoms with E-state index in [1.54, 1.807) is 47.4 Å². The van der Waals surface area contributed by atoms with Crippen LogP contribution in [0.2, 0.25) is 5.02 Å². The first kappa shape index (κ1) is 26.9. The number of piperazine rings is 2. The smallest absolute Gasteiger partial charge is 0.253 e. The van der Waals surface area contributed by atoms with Crippen molar-refractivity contribution in [3.8, 4) is 6.07 Å². The van der Waals surface area contributed by atoms with E-state index in [9.17, 15) is 18.5 Å². The lowest BCUT2D eigenvalue weighted by molar-refractivity contribution is -0.139. The average Bonchev–Trinajstić information content (AvgIpc) is 3.31. The summed E-state index contributed by atoms with van der Waals surface area (Å²) in [6, 6.07) is 13.8. The highest BCUT2D eigenvalue weighted by atomic mass is 35.5. The van der Waals surface area contributed by atoms with Gasteiger partial charge in [0.15, 0.2) is 0 Å². The predicted octanol–water partition coefficient (Wildman–Crippen LogP) is 2.66. The maximum absolute atomic E-state index is 13.7. The lowest BCUT2D eigenvalue weighted by Gasteiger charge is -2.43. The van der Waals surface area contributed by atoms with Crippen molar-refractivity contribution < 1.29 is 13.2 Å². The second-order valence-electron chi connectivity index (χ2n) is 9.86. The van der Waals surface area contributed by atoms with E-state index >= 15 is 0 Å². The van der Waals surface area contributed by atoms with E-state index in [1.807, 2.05) is 0 Å². The molecule has 2 aromatic carbocycles. The van der Waals surface area contributed by atoms with Crippen molar-refractivity contribution in [2.24, 2.45) is 0 Å². The molecule has 200 valence electrons. The topological polar surface area (TPSA) is 114 Å². The van der Waals surface area contributed by atoms with Crippen LogP contribution in [-0.4, -0.2) is 92.2 Å². The number of nitrogens with zero attached hydrogens (tertiary/aromatic N) is 5. The summed E-state index contributed by atoms with van der Waals surface area (Å²) < 4.78 is 29.7. The van der Waals surface area contributed by atoms with Crippen LogP contribution in [0, 0.1) is 11.3 Å². The second kappa shape index (κ2) is 10.8. The Morgan fingerprint density at radius 3 is 2.61 bits per heavy atom. The molecule has 2 aliphatic heterocycles. The lowest BCUT2D eigenvalue weighted by Crippen LogP contribution is -2.61. The van der Waals surface area contributed by atoms with Gasteiger partial charge in [0, 0.05) is 61.2 Å². The molecule has 2 aliphatic rings. The first-order valence-corrected chi connectivity index (χ1v) is 15.0. The molecule has 38 heavy (non-hydrogen) atoms. The number of likely N-dealkylation sites (N-methyl/N-ethyl adjacent to an activating group) is 1. The number of rotatable bonds is 6. The third-order valence-corrected chi connectivity index (χ3v) is 10.8. The number of fused-ring (bicyclic) bond motifs is 1. The van der Waals surface area contributed by atoms with Crippen LogP contribution in [0.15, 0.2) is 46.7 Å². The van der Waals surface area contributed by atoms with Crippen molar-refractivity contribution in [3.05, 3.63) is 58.6 Å². The Bertz CT molecular complexity index is 1510. The Morgan fingerprint density at radius 2 is 1.89 bits per heavy atom. The standard InChI is InChI=1S/C26H29ClN6O3S2/c1-30-6-8-31(9-7-30)15-22-16-32(38(35,36)26-11-19-4-5-21(27)12-24(19)37-26)17-25(34)33(22)14-18-2-3-20(13-28)23(29)10-18/h2-5,10-12,22H,6-9,14-17,29H2,1H3/t22-/m0/s1. The van der Waals surface area contributed by atoms with Gasteiger partial charge in [-0.05, 0) is 48.3 Å². The maximum atomic E-state index is 13.7. The SMILES string of the molecule is CN1CCN(C[C@H]2CN(S(=O)(=O)c3cc4ccc(Cl)cc4s3)CC(=O)N2Cc2ccc(C#N)c(N)c2)CC1. The monoisotopic (exact) mass is 572 g/mol.